The van der Waals surface area contributed by atoms with Crippen LogP contribution in [0.1, 0.15) is 0 Å². The number of ether oxygens (including phenoxy) is 1. The molecule has 1 aromatic rings. The van der Waals surface area contributed by atoms with Crippen molar-refractivity contribution in [2.75, 3.05) is 0 Å². The Hall–Kier alpha value is -0.420. The number of hydrogen-bond acceptors (Lipinski definition) is 4. The van der Waals surface area contributed by atoms with Crippen LogP contribution in [0.2, 0.25) is 0 Å². The second kappa shape index (κ2) is 2.93. The molecule has 0 aliphatic rings. The number of halogens is 1. The van der Waals surface area contributed by atoms with Crippen molar-refractivity contribution in [1.29, 1.82) is 0 Å². The van der Waals surface area contributed by atoms with Crippen molar-refractivity contribution in [1.82, 2.24) is 4.98 Å². The number of carbonyl (C=O) groups is 1. The van der Waals surface area contributed by atoms with Crippen molar-refractivity contribution in [3.05, 3.63) is 9.98 Å². The Kier molecular flexibility index (Phi) is 2.18. The van der Waals surface area contributed by atoms with Crippen molar-refractivity contribution in [3.8, 4) is 5.19 Å². The van der Waals surface area contributed by atoms with Crippen molar-refractivity contribution in [3.63, 3.8) is 0 Å². The van der Waals surface area contributed by atoms with Crippen LogP contribution in [-0.2, 0) is 4.79 Å². The number of hydrogen-bond donors (Lipinski definition) is 0. The summed E-state index contributed by atoms with van der Waals surface area (Å²) in [6.45, 7) is 0.352. The smallest absolute Gasteiger partial charge is 0.300 e. The summed E-state index contributed by atoms with van der Waals surface area (Å²) in [5.41, 5.74) is 0. The Morgan fingerprint density at radius 1 is 1.89 bits per heavy atom. The fourth-order valence-electron chi connectivity index (χ4n) is 0.334. The van der Waals surface area contributed by atoms with Gasteiger partial charge in [0.15, 0.2) is 0 Å². The van der Waals surface area contributed by atoms with Gasteiger partial charge >= 0.3 is 0 Å². The zero-order chi connectivity index (χ0) is 6.69. The van der Waals surface area contributed by atoms with Gasteiger partial charge in [0.05, 0.1) is 0 Å². The molecule has 3 nitrogen and oxygen atoms in total. The van der Waals surface area contributed by atoms with Gasteiger partial charge in [0.2, 0.25) is 0 Å². The molecule has 1 heterocycles. The van der Waals surface area contributed by atoms with Crippen LogP contribution in [-0.4, -0.2) is 11.5 Å². The van der Waals surface area contributed by atoms with E-state index in [-0.39, 0.29) is 0 Å². The number of rotatable bonds is 2. The third-order valence-electron chi connectivity index (χ3n) is 0.604. The monoisotopic (exact) mass is 207 g/mol. The van der Waals surface area contributed by atoms with Crippen LogP contribution in [0, 0.1) is 0 Å². The van der Waals surface area contributed by atoms with Crippen molar-refractivity contribution in [2.45, 2.75) is 0 Å². The Morgan fingerprint density at radius 3 is 3.11 bits per heavy atom. The first-order valence-electron chi connectivity index (χ1n) is 2.04. The van der Waals surface area contributed by atoms with Gasteiger partial charge in [-0.2, -0.15) is 4.98 Å². The molecule has 0 N–H and O–H groups in total. The van der Waals surface area contributed by atoms with Gasteiger partial charge in [-0.15, -0.1) is 0 Å². The molecule has 0 fully saturated rings. The molecule has 0 radical (unpaired) electrons. The van der Waals surface area contributed by atoms with E-state index in [9.17, 15) is 4.79 Å². The summed E-state index contributed by atoms with van der Waals surface area (Å²) in [7, 11) is 0. The van der Waals surface area contributed by atoms with E-state index in [0.717, 1.165) is 0 Å². The molecule has 5 heteroatoms. The molecule has 0 atom stereocenters. The van der Waals surface area contributed by atoms with Crippen LogP contribution in [0.4, 0.5) is 0 Å². The number of aromatic nitrogens is 1. The molecule has 48 valence electrons. The summed E-state index contributed by atoms with van der Waals surface area (Å²) >= 11 is 4.37. The minimum Gasteiger partial charge on any atom is -0.400 e. The molecular formula is C4H2BrNO2S. The highest BCUT2D eigenvalue weighted by Crippen LogP contribution is 2.20. The first-order chi connectivity index (χ1) is 4.33. The standard InChI is InChI=1S/C4H2BrNO2S/c5-3-1-9-4(6-3)8-2-7/h1-2H. The molecule has 1 aromatic heterocycles. The highest BCUT2D eigenvalue weighted by Gasteiger charge is 1.96. The third kappa shape index (κ3) is 1.76. The average molecular weight is 208 g/mol. The average Bonchev–Trinajstić information content (AvgIpc) is 2.17. The minimum atomic E-state index is 0.352. The maximum absolute atomic E-state index is 9.71. The summed E-state index contributed by atoms with van der Waals surface area (Å²) in [5, 5.41) is 2.09. The molecule has 0 aliphatic carbocycles. The maximum atomic E-state index is 9.71. The summed E-state index contributed by atoms with van der Waals surface area (Å²) in [6, 6.07) is 0. The van der Waals surface area contributed by atoms with E-state index in [0.29, 0.717) is 16.3 Å². The highest BCUT2D eigenvalue weighted by atomic mass is 79.9. The molecule has 9 heavy (non-hydrogen) atoms. The summed E-state index contributed by atoms with van der Waals surface area (Å²) in [6.07, 6.45) is 0. The Morgan fingerprint density at radius 2 is 2.67 bits per heavy atom. The second-order valence-electron chi connectivity index (χ2n) is 1.15. The van der Waals surface area contributed by atoms with E-state index in [4.69, 9.17) is 0 Å². The molecule has 0 spiro atoms. The lowest BCUT2D eigenvalue weighted by Crippen LogP contribution is -1.85. The van der Waals surface area contributed by atoms with E-state index in [1.54, 1.807) is 5.38 Å². The van der Waals surface area contributed by atoms with Gasteiger partial charge in [0, 0.05) is 5.38 Å². The van der Waals surface area contributed by atoms with Crippen LogP contribution < -0.4 is 4.74 Å². The van der Waals surface area contributed by atoms with Crippen LogP contribution >= 0.6 is 27.3 Å². The second-order valence-corrected chi connectivity index (χ2v) is 2.78. The molecular weight excluding hydrogens is 206 g/mol. The minimum absolute atomic E-state index is 0.352. The van der Waals surface area contributed by atoms with Crippen LogP contribution in [0.5, 0.6) is 5.19 Å². The molecule has 1 rings (SSSR count). The highest BCUT2D eigenvalue weighted by molar-refractivity contribution is 9.10. The fourth-order valence-corrected chi connectivity index (χ4v) is 1.39. The Bertz CT molecular complexity index is 212. The Labute approximate surface area is 63.8 Å². The van der Waals surface area contributed by atoms with Gasteiger partial charge in [0.1, 0.15) is 4.60 Å². The quantitative estimate of drug-likeness (QED) is 0.690. The molecule has 0 amide bonds. The van der Waals surface area contributed by atoms with Crippen molar-refractivity contribution >= 4 is 33.7 Å². The number of thiazole rings is 1. The van der Waals surface area contributed by atoms with Crippen LogP contribution in [0.25, 0.3) is 0 Å². The predicted octanol–water partition coefficient (Wildman–Crippen LogP) is 1.44. The Balaban J connectivity index is 2.72. The zero-order valence-corrected chi connectivity index (χ0v) is 6.61. The van der Waals surface area contributed by atoms with Gasteiger partial charge in [0.25, 0.3) is 11.7 Å². The molecule has 0 saturated carbocycles. The van der Waals surface area contributed by atoms with E-state index >= 15 is 0 Å². The van der Waals surface area contributed by atoms with E-state index in [1.807, 2.05) is 0 Å². The van der Waals surface area contributed by atoms with Crippen LogP contribution in [0.15, 0.2) is 9.98 Å². The zero-order valence-electron chi connectivity index (χ0n) is 4.20. The maximum Gasteiger partial charge on any atom is 0.300 e. The van der Waals surface area contributed by atoms with Crippen molar-refractivity contribution in [2.24, 2.45) is 0 Å². The lowest BCUT2D eigenvalue weighted by molar-refractivity contribution is -0.120. The van der Waals surface area contributed by atoms with E-state index in [2.05, 4.69) is 25.7 Å². The van der Waals surface area contributed by atoms with Crippen LogP contribution in [0.3, 0.4) is 0 Å². The number of nitrogens with zero attached hydrogens (tertiary/aromatic N) is 1. The largest absolute Gasteiger partial charge is 0.400 e. The topological polar surface area (TPSA) is 39.2 Å². The normalized spacial score (nSPS) is 9.00. The van der Waals surface area contributed by atoms with Gasteiger partial charge in [-0.25, -0.2) is 0 Å². The fraction of sp³-hybridized carbons (Fsp3) is 0. The first-order valence-corrected chi connectivity index (χ1v) is 3.71. The SMILES string of the molecule is O=COc1nc(Br)cs1. The van der Waals surface area contributed by atoms with E-state index < -0.39 is 0 Å². The predicted molar refractivity (Wildman–Crippen MR) is 36.5 cm³/mol. The van der Waals surface area contributed by atoms with Gasteiger partial charge in [-0.1, -0.05) is 11.3 Å². The molecule has 0 aliphatic heterocycles. The number of carbonyl (C=O) groups excluding carboxylic acids is 1. The van der Waals surface area contributed by atoms with Gasteiger partial charge < -0.3 is 4.74 Å². The summed E-state index contributed by atoms with van der Waals surface area (Å²) < 4.78 is 5.11. The summed E-state index contributed by atoms with van der Waals surface area (Å²) in [5.74, 6) is 0. The molecule has 0 bridgehead atoms. The first kappa shape index (κ1) is 6.70. The van der Waals surface area contributed by atoms with E-state index in [1.165, 1.54) is 11.3 Å². The van der Waals surface area contributed by atoms with Gasteiger partial charge in [-0.3, -0.25) is 4.79 Å². The lowest BCUT2D eigenvalue weighted by Gasteiger charge is -1.83. The van der Waals surface area contributed by atoms with Crippen molar-refractivity contribution < 1.29 is 9.53 Å². The third-order valence-corrected chi connectivity index (χ3v) is 2.04. The summed E-state index contributed by atoms with van der Waals surface area (Å²) in [4.78, 5) is 13.5. The van der Waals surface area contributed by atoms with Gasteiger partial charge in [-0.05, 0) is 15.9 Å². The lowest BCUT2D eigenvalue weighted by atomic mass is 11.0. The molecule has 0 unspecified atom stereocenters. The molecule has 0 saturated heterocycles. The molecule has 0 aromatic carbocycles.